The summed E-state index contributed by atoms with van der Waals surface area (Å²) in [5.41, 5.74) is 5.19. The summed E-state index contributed by atoms with van der Waals surface area (Å²) in [6.45, 7) is 3.59. The van der Waals surface area contributed by atoms with E-state index in [2.05, 4.69) is 20.3 Å². The van der Waals surface area contributed by atoms with Crippen LogP contribution in [0.1, 0.15) is 57.9 Å². The van der Waals surface area contributed by atoms with Crippen LogP contribution in [-0.2, 0) is 16.1 Å². The first-order valence-corrected chi connectivity index (χ1v) is 14.3. The van der Waals surface area contributed by atoms with Crippen molar-refractivity contribution in [3.05, 3.63) is 77.7 Å². The average molecular weight is 564 g/mol. The molecule has 0 bridgehead atoms. The largest absolute Gasteiger partial charge is 0.302 e. The van der Waals surface area contributed by atoms with Gasteiger partial charge in [-0.1, -0.05) is 18.2 Å². The van der Waals surface area contributed by atoms with Crippen LogP contribution < -0.4 is 5.32 Å². The molecule has 2 saturated heterocycles. The van der Waals surface area contributed by atoms with Crippen LogP contribution in [-0.4, -0.2) is 78.9 Å². The molecule has 0 aliphatic carbocycles. The summed E-state index contributed by atoms with van der Waals surface area (Å²) >= 11 is 0. The minimum Gasteiger partial charge on any atom is -0.302 e. The molecule has 3 aliphatic rings. The Balaban J connectivity index is 0.893. The highest BCUT2D eigenvalue weighted by atomic mass is 16.2. The maximum absolute atomic E-state index is 13.1. The molecule has 1 N–H and O–H groups in total. The summed E-state index contributed by atoms with van der Waals surface area (Å²) in [6, 6.07) is 12.3. The monoisotopic (exact) mass is 563 g/mol. The number of amides is 4. The fraction of sp³-hybridized carbons (Fsp3) is 0.323. The van der Waals surface area contributed by atoms with Crippen LogP contribution in [0.3, 0.4) is 0 Å². The van der Waals surface area contributed by atoms with E-state index in [9.17, 15) is 19.2 Å². The van der Waals surface area contributed by atoms with Gasteiger partial charge in [0.2, 0.25) is 11.8 Å². The molecule has 1 unspecified atom stereocenters. The smallest absolute Gasteiger partial charge is 0.262 e. The molecular formula is C31H29N7O4. The van der Waals surface area contributed by atoms with Gasteiger partial charge < -0.3 is 4.90 Å². The van der Waals surface area contributed by atoms with E-state index < -0.39 is 23.8 Å². The number of aryl methyl sites for hydroxylation is 1. The molecule has 42 heavy (non-hydrogen) atoms. The fourth-order valence-corrected chi connectivity index (χ4v) is 6.03. The van der Waals surface area contributed by atoms with E-state index in [-0.39, 0.29) is 18.7 Å². The normalized spacial score (nSPS) is 19.3. The van der Waals surface area contributed by atoms with E-state index >= 15 is 0 Å². The number of nitrogens with one attached hydrogen (secondary N) is 1. The van der Waals surface area contributed by atoms with Crippen molar-refractivity contribution in [3.8, 4) is 11.3 Å². The van der Waals surface area contributed by atoms with E-state index in [1.54, 1.807) is 18.3 Å². The predicted molar refractivity (Wildman–Crippen MR) is 152 cm³/mol. The molecule has 3 aliphatic heterocycles. The number of carbonyl (C=O) groups excluding carboxylic acids is 4. The van der Waals surface area contributed by atoms with Gasteiger partial charge in [-0.15, -0.1) is 0 Å². The number of hydrogen-bond donors (Lipinski definition) is 1. The van der Waals surface area contributed by atoms with Gasteiger partial charge in [0.05, 0.1) is 40.2 Å². The Morgan fingerprint density at radius 3 is 2.50 bits per heavy atom. The lowest BCUT2D eigenvalue weighted by Crippen LogP contribution is -2.54. The van der Waals surface area contributed by atoms with Gasteiger partial charge in [-0.3, -0.25) is 39.1 Å². The molecule has 2 aromatic heterocycles. The van der Waals surface area contributed by atoms with E-state index in [1.807, 2.05) is 47.4 Å². The second kappa shape index (κ2) is 10.6. The van der Waals surface area contributed by atoms with Crippen molar-refractivity contribution < 1.29 is 19.2 Å². The Morgan fingerprint density at radius 2 is 1.67 bits per heavy atom. The minimum atomic E-state index is -0.946. The number of rotatable bonds is 8. The number of imide groups is 2. The van der Waals surface area contributed by atoms with Crippen molar-refractivity contribution in [1.82, 2.24) is 34.9 Å². The quantitative estimate of drug-likeness (QED) is 0.256. The molecular weight excluding hydrogens is 534 g/mol. The molecule has 5 heterocycles. The number of piperidine rings is 1. The van der Waals surface area contributed by atoms with Crippen LogP contribution in [0.15, 0.2) is 61.1 Å². The highest BCUT2D eigenvalue weighted by molar-refractivity contribution is 6.23. The van der Waals surface area contributed by atoms with E-state index in [0.29, 0.717) is 17.0 Å². The number of aromatic nitrogens is 4. The molecule has 212 valence electrons. The Kier molecular flexibility index (Phi) is 6.58. The van der Waals surface area contributed by atoms with Gasteiger partial charge in [0.15, 0.2) is 0 Å². The SMILES string of the molecule is O=C1CCC(N2C(=O)c3ccc(C4CN(CCCCn5cc(-c6cnc7ccccc7n6)cn5)C4)cc3C2=O)C(=O)N1. The van der Waals surface area contributed by atoms with Crippen LogP contribution in [0.4, 0.5) is 0 Å². The number of benzene rings is 2. The number of nitrogens with zero attached hydrogens (tertiary/aromatic N) is 6. The molecule has 11 nitrogen and oxygen atoms in total. The van der Waals surface area contributed by atoms with Crippen LogP contribution >= 0.6 is 0 Å². The van der Waals surface area contributed by atoms with Gasteiger partial charge in [0.1, 0.15) is 6.04 Å². The van der Waals surface area contributed by atoms with Gasteiger partial charge in [0, 0.05) is 43.7 Å². The lowest BCUT2D eigenvalue weighted by molar-refractivity contribution is -0.136. The fourth-order valence-electron chi connectivity index (χ4n) is 6.03. The van der Waals surface area contributed by atoms with Crippen molar-refractivity contribution in [2.45, 2.75) is 44.2 Å². The van der Waals surface area contributed by atoms with Crippen LogP contribution in [0.25, 0.3) is 22.3 Å². The van der Waals surface area contributed by atoms with Gasteiger partial charge in [0.25, 0.3) is 11.8 Å². The molecule has 2 aromatic carbocycles. The average Bonchev–Trinajstić information content (AvgIpc) is 3.54. The third-order valence-electron chi connectivity index (χ3n) is 8.38. The summed E-state index contributed by atoms with van der Waals surface area (Å²) in [5.74, 6) is -1.62. The van der Waals surface area contributed by atoms with Gasteiger partial charge in [-0.2, -0.15) is 5.10 Å². The highest BCUT2D eigenvalue weighted by Crippen LogP contribution is 2.33. The lowest BCUT2D eigenvalue weighted by atomic mass is 9.89. The molecule has 4 aromatic rings. The number of para-hydroxylation sites is 2. The lowest BCUT2D eigenvalue weighted by Gasteiger charge is -2.39. The predicted octanol–water partition coefficient (Wildman–Crippen LogP) is 2.77. The topological polar surface area (TPSA) is 130 Å². The summed E-state index contributed by atoms with van der Waals surface area (Å²) in [7, 11) is 0. The Morgan fingerprint density at radius 1 is 0.881 bits per heavy atom. The summed E-state index contributed by atoms with van der Waals surface area (Å²) in [4.78, 5) is 62.5. The summed E-state index contributed by atoms with van der Waals surface area (Å²) in [6.07, 6.45) is 7.93. The van der Waals surface area contributed by atoms with Crippen molar-refractivity contribution in [1.29, 1.82) is 0 Å². The summed E-state index contributed by atoms with van der Waals surface area (Å²) in [5, 5.41) is 6.73. The second-order valence-electron chi connectivity index (χ2n) is 11.2. The molecule has 7 rings (SSSR count). The van der Waals surface area contributed by atoms with Gasteiger partial charge in [-0.05, 0) is 55.6 Å². The zero-order valence-electron chi connectivity index (χ0n) is 22.9. The molecule has 4 amide bonds. The zero-order valence-corrected chi connectivity index (χ0v) is 22.9. The summed E-state index contributed by atoms with van der Waals surface area (Å²) < 4.78 is 1.95. The second-order valence-corrected chi connectivity index (χ2v) is 11.2. The molecule has 0 radical (unpaired) electrons. The first-order chi connectivity index (χ1) is 20.4. The molecule has 11 heteroatoms. The van der Waals surface area contributed by atoms with Crippen LogP contribution in [0.2, 0.25) is 0 Å². The third kappa shape index (κ3) is 4.75. The van der Waals surface area contributed by atoms with E-state index in [4.69, 9.17) is 4.98 Å². The van der Waals surface area contributed by atoms with Crippen molar-refractivity contribution >= 4 is 34.7 Å². The number of carbonyl (C=O) groups is 4. The van der Waals surface area contributed by atoms with Crippen molar-refractivity contribution in [2.24, 2.45) is 0 Å². The molecule has 0 spiro atoms. The first-order valence-electron chi connectivity index (χ1n) is 14.3. The van der Waals surface area contributed by atoms with E-state index in [0.717, 1.165) is 71.8 Å². The number of hydrogen-bond acceptors (Lipinski definition) is 8. The zero-order chi connectivity index (χ0) is 28.8. The number of likely N-dealkylation sites (tertiary alicyclic amines) is 1. The highest BCUT2D eigenvalue weighted by Gasteiger charge is 2.45. The molecule has 2 fully saturated rings. The Hall–Kier alpha value is -4.77. The van der Waals surface area contributed by atoms with Crippen molar-refractivity contribution in [3.63, 3.8) is 0 Å². The van der Waals surface area contributed by atoms with Crippen molar-refractivity contribution in [2.75, 3.05) is 19.6 Å². The standard InChI is InChI=1S/C31H29N7O4/c39-28-10-9-27(29(40)35-28)38-30(41)22-8-7-19(13-23(22)31(38)42)21-16-36(17-21)11-3-4-12-37-18-20(14-33-37)26-15-32-24-5-1-2-6-25(24)34-26/h1-2,5-8,13-15,18,21,27H,3-4,9-12,16-17H2,(H,35,39,40). The Labute approximate surface area is 241 Å². The van der Waals surface area contributed by atoms with Crippen LogP contribution in [0, 0.1) is 0 Å². The minimum absolute atomic E-state index is 0.108. The van der Waals surface area contributed by atoms with E-state index in [1.165, 1.54) is 0 Å². The maximum atomic E-state index is 13.1. The molecule has 0 saturated carbocycles. The molecule has 1 atom stereocenters. The van der Waals surface area contributed by atoms with Gasteiger partial charge in [-0.25, -0.2) is 4.98 Å². The Bertz CT molecular complexity index is 1740. The number of unbranched alkanes of at least 4 members (excludes halogenated alkanes) is 1. The maximum Gasteiger partial charge on any atom is 0.262 e. The first kappa shape index (κ1) is 26.1. The van der Waals surface area contributed by atoms with Gasteiger partial charge >= 0.3 is 0 Å². The van der Waals surface area contributed by atoms with Crippen LogP contribution in [0.5, 0.6) is 0 Å². The third-order valence-corrected chi connectivity index (χ3v) is 8.38. The number of fused-ring (bicyclic) bond motifs is 2.